The van der Waals surface area contributed by atoms with Crippen molar-refractivity contribution in [1.29, 1.82) is 5.26 Å². The van der Waals surface area contributed by atoms with E-state index in [0.717, 1.165) is 0 Å². The van der Waals surface area contributed by atoms with Crippen LogP contribution in [0.15, 0.2) is 30.3 Å². The highest BCUT2D eigenvalue weighted by Crippen LogP contribution is 2.46. The predicted molar refractivity (Wildman–Crippen MR) is 94.6 cm³/mol. The lowest BCUT2D eigenvalue weighted by atomic mass is 9.88. The summed E-state index contributed by atoms with van der Waals surface area (Å²) in [4.78, 5) is 27.3. The van der Waals surface area contributed by atoms with Crippen molar-refractivity contribution in [3.05, 3.63) is 35.9 Å². The first-order valence-corrected chi connectivity index (χ1v) is 9.22. The Morgan fingerprint density at radius 2 is 2.08 bits per heavy atom. The summed E-state index contributed by atoms with van der Waals surface area (Å²) in [5.41, 5.74) is -1.15. The van der Waals surface area contributed by atoms with Crippen LogP contribution in [0.5, 0.6) is 0 Å². The molecule has 0 saturated carbocycles. The number of amides is 2. The van der Waals surface area contributed by atoms with Crippen LogP contribution < -0.4 is 5.32 Å². The van der Waals surface area contributed by atoms with Gasteiger partial charge in [-0.1, -0.05) is 30.3 Å². The van der Waals surface area contributed by atoms with Crippen molar-refractivity contribution in [1.82, 2.24) is 10.2 Å². The fourth-order valence-corrected chi connectivity index (χ4v) is 4.69. The number of fused-ring (bicyclic) bond motifs is 1. The lowest BCUT2D eigenvalue weighted by molar-refractivity contribution is -0.134. The maximum atomic E-state index is 13.3. The van der Waals surface area contributed by atoms with Gasteiger partial charge in [0.15, 0.2) is 5.54 Å². The van der Waals surface area contributed by atoms with Crippen molar-refractivity contribution >= 4 is 23.8 Å². The Labute approximate surface area is 151 Å². The van der Waals surface area contributed by atoms with E-state index in [0.29, 0.717) is 17.7 Å². The van der Waals surface area contributed by atoms with Crippen LogP contribution in [-0.2, 0) is 15.1 Å². The molecular weight excluding hydrogens is 338 g/mol. The van der Waals surface area contributed by atoms with Crippen LogP contribution in [0.3, 0.4) is 0 Å². The van der Waals surface area contributed by atoms with Gasteiger partial charge < -0.3 is 15.0 Å². The maximum absolute atomic E-state index is 13.3. The highest BCUT2D eigenvalue weighted by molar-refractivity contribution is 8.00. The largest absolute Gasteiger partial charge is 0.444 e. The van der Waals surface area contributed by atoms with E-state index < -0.39 is 23.3 Å². The highest BCUT2D eigenvalue weighted by Gasteiger charge is 2.58. The number of nitrogens with zero attached hydrogens (tertiary/aromatic N) is 2. The smallest absolute Gasteiger partial charge is 0.408 e. The molecule has 2 aliphatic rings. The monoisotopic (exact) mass is 359 g/mol. The van der Waals surface area contributed by atoms with Gasteiger partial charge in [-0.2, -0.15) is 5.26 Å². The van der Waals surface area contributed by atoms with Crippen molar-refractivity contribution < 1.29 is 14.3 Å². The number of hydrogen-bond donors (Lipinski definition) is 1. The van der Waals surface area contributed by atoms with Gasteiger partial charge in [0.25, 0.3) is 5.91 Å². The molecule has 25 heavy (non-hydrogen) atoms. The van der Waals surface area contributed by atoms with Crippen LogP contribution in [0, 0.1) is 11.3 Å². The van der Waals surface area contributed by atoms with E-state index in [1.165, 1.54) is 0 Å². The molecule has 1 N–H and O–H groups in total. The molecular formula is C18H21N3O3S. The Hall–Kier alpha value is -2.20. The zero-order chi connectivity index (χ0) is 18.2. The first-order valence-electron chi connectivity index (χ1n) is 8.17. The first-order chi connectivity index (χ1) is 11.8. The molecule has 6 nitrogen and oxygen atoms in total. The van der Waals surface area contributed by atoms with Gasteiger partial charge in [-0.05, 0) is 26.3 Å². The molecule has 2 amide bonds. The minimum atomic E-state index is -1.20. The quantitative estimate of drug-likeness (QED) is 0.878. The molecule has 1 aromatic carbocycles. The normalized spacial score (nSPS) is 28.4. The third-order valence-corrected chi connectivity index (χ3v) is 5.59. The third-order valence-electron chi connectivity index (χ3n) is 4.30. The van der Waals surface area contributed by atoms with Gasteiger partial charge in [0.1, 0.15) is 11.6 Å². The summed E-state index contributed by atoms with van der Waals surface area (Å²) >= 11 is 1.58. The Kier molecular flexibility index (Phi) is 4.41. The summed E-state index contributed by atoms with van der Waals surface area (Å²) in [5, 5.41) is 12.0. The first kappa shape index (κ1) is 17.6. The zero-order valence-corrected chi connectivity index (χ0v) is 15.3. The minimum absolute atomic E-state index is 0.118. The standard InChI is InChI=1S/C18H21N3O3S/c1-17(2,3)24-16(23)20-18(12-7-5-4-6-8-12)9-14-21(15(18)22)13(10-19)11-25-14/h4-8,13-14H,9,11H2,1-3H3,(H,20,23). The van der Waals surface area contributed by atoms with E-state index in [1.54, 1.807) is 37.4 Å². The molecule has 0 bridgehead atoms. The topological polar surface area (TPSA) is 82.4 Å². The maximum Gasteiger partial charge on any atom is 0.408 e. The van der Waals surface area contributed by atoms with E-state index >= 15 is 0 Å². The van der Waals surface area contributed by atoms with Gasteiger partial charge in [0, 0.05) is 12.2 Å². The number of hydrogen-bond acceptors (Lipinski definition) is 5. The summed E-state index contributed by atoms with van der Waals surface area (Å²) in [6.45, 7) is 5.33. The number of carbonyl (C=O) groups is 2. The van der Waals surface area contributed by atoms with E-state index in [4.69, 9.17) is 4.74 Å². The van der Waals surface area contributed by atoms with Crippen LogP contribution in [0.1, 0.15) is 32.8 Å². The van der Waals surface area contributed by atoms with E-state index in [1.807, 2.05) is 30.3 Å². The Balaban J connectivity index is 1.97. The van der Waals surface area contributed by atoms with Gasteiger partial charge in [-0.3, -0.25) is 4.79 Å². The molecule has 0 radical (unpaired) electrons. The SMILES string of the molecule is CC(C)(C)OC(=O)NC1(c2ccccc2)CC2SCC(C#N)N2C1=O. The van der Waals surface area contributed by atoms with Crippen molar-refractivity contribution in [3.63, 3.8) is 0 Å². The molecule has 0 aromatic heterocycles. The Morgan fingerprint density at radius 3 is 2.68 bits per heavy atom. The molecule has 2 aliphatic heterocycles. The summed E-state index contributed by atoms with van der Waals surface area (Å²) in [6.07, 6.45) is -0.220. The van der Waals surface area contributed by atoms with Crippen molar-refractivity contribution in [2.24, 2.45) is 0 Å². The zero-order valence-electron chi connectivity index (χ0n) is 14.5. The Bertz CT molecular complexity index is 725. The van der Waals surface area contributed by atoms with E-state index in [2.05, 4.69) is 11.4 Å². The van der Waals surface area contributed by atoms with Gasteiger partial charge in [0.05, 0.1) is 11.4 Å². The fraction of sp³-hybridized carbons (Fsp3) is 0.500. The van der Waals surface area contributed by atoms with E-state index in [-0.39, 0.29) is 11.3 Å². The van der Waals surface area contributed by atoms with E-state index in [9.17, 15) is 14.9 Å². The van der Waals surface area contributed by atoms with Gasteiger partial charge >= 0.3 is 6.09 Å². The minimum Gasteiger partial charge on any atom is -0.444 e. The predicted octanol–water partition coefficient (Wildman–Crippen LogP) is 2.60. The number of benzene rings is 1. The van der Waals surface area contributed by atoms with Crippen LogP contribution in [0.25, 0.3) is 0 Å². The second-order valence-electron chi connectivity index (χ2n) is 7.25. The highest BCUT2D eigenvalue weighted by atomic mass is 32.2. The summed E-state index contributed by atoms with van der Waals surface area (Å²) in [6, 6.07) is 10.9. The van der Waals surface area contributed by atoms with Crippen molar-refractivity contribution in [2.45, 2.75) is 49.7 Å². The summed E-state index contributed by atoms with van der Waals surface area (Å²) < 4.78 is 5.38. The molecule has 3 atom stereocenters. The molecule has 0 aliphatic carbocycles. The number of rotatable bonds is 2. The second-order valence-corrected chi connectivity index (χ2v) is 8.46. The molecule has 132 valence electrons. The number of ether oxygens (including phenoxy) is 1. The van der Waals surface area contributed by atoms with Crippen LogP contribution in [0.4, 0.5) is 4.79 Å². The van der Waals surface area contributed by atoms with Crippen molar-refractivity contribution in [3.8, 4) is 6.07 Å². The van der Waals surface area contributed by atoms with Crippen molar-refractivity contribution in [2.75, 3.05) is 5.75 Å². The molecule has 7 heteroatoms. The number of carbonyl (C=O) groups excluding carboxylic acids is 2. The third kappa shape index (κ3) is 3.19. The number of alkyl carbamates (subject to hydrolysis) is 1. The van der Waals surface area contributed by atoms with Crippen LogP contribution in [0.2, 0.25) is 0 Å². The van der Waals surface area contributed by atoms with Crippen LogP contribution >= 0.6 is 11.8 Å². The average molecular weight is 359 g/mol. The summed E-state index contributed by atoms with van der Waals surface area (Å²) in [5.74, 6) is 0.357. The average Bonchev–Trinajstić information content (AvgIpc) is 3.05. The van der Waals surface area contributed by atoms with Gasteiger partial charge in [0.2, 0.25) is 0 Å². The number of nitriles is 1. The second kappa shape index (κ2) is 6.26. The molecule has 3 unspecified atom stereocenters. The molecule has 0 spiro atoms. The molecule has 3 rings (SSSR count). The van der Waals surface area contributed by atoms with Gasteiger partial charge in [-0.15, -0.1) is 11.8 Å². The molecule has 2 saturated heterocycles. The summed E-state index contributed by atoms with van der Waals surface area (Å²) in [7, 11) is 0. The number of thioether (sulfide) groups is 1. The Morgan fingerprint density at radius 1 is 1.40 bits per heavy atom. The lowest BCUT2D eigenvalue weighted by Gasteiger charge is -2.31. The van der Waals surface area contributed by atoms with Crippen LogP contribution in [-0.4, -0.2) is 39.7 Å². The lowest BCUT2D eigenvalue weighted by Crippen LogP contribution is -2.53. The molecule has 2 heterocycles. The molecule has 1 aromatic rings. The molecule has 2 fully saturated rings. The van der Waals surface area contributed by atoms with Gasteiger partial charge in [-0.25, -0.2) is 4.79 Å². The fourth-order valence-electron chi connectivity index (χ4n) is 3.28. The number of nitrogens with one attached hydrogen (secondary N) is 1.